The molecule has 3 aromatic rings. The van der Waals surface area contributed by atoms with E-state index in [1.54, 1.807) is 13.2 Å². The molecule has 4 heteroatoms. The Morgan fingerprint density at radius 1 is 1.07 bits per heavy atom. The highest BCUT2D eigenvalue weighted by Crippen LogP contribution is 2.25. The van der Waals surface area contributed by atoms with E-state index in [-0.39, 0.29) is 5.78 Å². The van der Waals surface area contributed by atoms with Crippen molar-refractivity contribution in [3.8, 4) is 11.5 Å². The highest BCUT2D eigenvalue weighted by Gasteiger charge is 2.07. The number of aryl methyl sites for hydroxylation is 2. The molecule has 27 heavy (non-hydrogen) atoms. The summed E-state index contributed by atoms with van der Waals surface area (Å²) < 4.78 is 11.5. The molecule has 0 N–H and O–H groups in total. The van der Waals surface area contributed by atoms with E-state index in [1.807, 2.05) is 61.7 Å². The minimum Gasteiger partial charge on any atom is -0.496 e. The quantitative estimate of drug-likeness (QED) is 0.382. The highest BCUT2D eigenvalue weighted by atomic mass is 32.1. The number of allylic oxidation sites excluding steroid dienone is 1. The maximum absolute atomic E-state index is 12.1. The largest absolute Gasteiger partial charge is 0.496 e. The summed E-state index contributed by atoms with van der Waals surface area (Å²) >= 11 is 1.44. The van der Waals surface area contributed by atoms with Crippen LogP contribution in [0.4, 0.5) is 0 Å². The van der Waals surface area contributed by atoms with E-state index < -0.39 is 0 Å². The Balaban J connectivity index is 1.77. The summed E-state index contributed by atoms with van der Waals surface area (Å²) in [4.78, 5) is 12.9. The molecule has 0 spiro atoms. The Labute approximate surface area is 163 Å². The number of ether oxygens (including phenoxy) is 2. The number of carbonyl (C=O) groups is 1. The highest BCUT2D eigenvalue weighted by molar-refractivity contribution is 7.12. The lowest BCUT2D eigenvalue weighted by Gasteiger charge is -2.13. The van der Waals surface area contributed by atoms with Crippen LogP contribution in [0.5, 0.6) is 11.5 Å². The lowest BCUT2D eigenvalue weighted by atomic mass is 10.1. The third-order valence-corrected chi connectivity index (χ3v) is 5.11. The van der Waals surface area contributed by atoms with Crippen LogP contribution in [0.3, 0.4) is 0 Å². The average Bonchev–Trinajstić information content (AvgIpc) is 3.21. The van der Waals surface area contributed by atoms with E-state index >= 15 is 0 Å². The molecule has 3 rings (SSSR count). The van der Waals surface area contributed by atoms with Gasteiger partial charge in [0.1, 0.15) is 18.1 Å². The van der Waals surface area contributed by atoms with E-state index in [0.717, 1.165) is 38.6 Å². The van der Waals surface area contributed by atoms with Crippen molar-refractivity contribution in [2.45, 2.75) is 20.5 Å². The first-order chi connectivity index (χ1) is 13.1. The van der Waals surface area contributed by atoms with Gasteiger partial charge in [0.05, 0.1) is 12.0 Å². The zero-order valence-corrected chi connectivity index (χ0v) is 16.5. The third kappa shape index (κ3) is 4.86. The van der Waals surface area contributed by atoms with E-state index in [9.17, 15) is 4.79 Å². The summed E-state index contributed by atoms with van der Waals surface area (Å²) in [6.45, 7) is 4.47. The van der Waals surface area contributed by atoms with Gasteiger partial charge in [0.2, 0.25) is 0 Å². The van der Waals surface area contributed by atoms with Gasteiger partial charge in [0, 0.05) is 5.56 Å². The third-order valence-electron chi connectivity index (χ3n) is 4.22. The molecule has 1 heterocycles. The summed E-state index contributed by atoms with van der Waals surface area (Å²) in [5, 5.41) is 1.90. The van der Waals surface area contributed by atoms with Crippen LogP contribution in [0.25, 0.3) is 6.08 Å². The van der Waals surface area contributed by atoms with Crippen LogP contribution in [-0.2, 0) is 6.61 Å². The van der Waals surface area contributed by atoms with Crippen molar-refractivity contribution in [2.75, 3.05) is 7.11 Å². The first-order valence-corrected chi connectivity index (χ1v) is 9.57. The number of thiophene rings is 1. The van der Waals surface area contributed by atoms with Gasteiger partial charge in [-0.2, -0.15) is 0 Å². The monoisotopic (exact) mass is 378 g/mol. The molecule has 0 bridgehead atoms. The Morgan fingerprint density at radius 2 is 1.93 bits per heavy atom. The van der Waals surface area contributed by atoms with Gasteiger partial charge in [0.15, 0.2) is 5.78 Å². The number of carbonyl (C=O) groups excluding carboxylic acids is 1. The smallest absolute Gasteiger partial charge is 0.195 e. The number of rotatable bonds is 7. The molecule has 0 unspecified atom stereocenters. The maximum Gasteiger partial charge on any atom is 0.195 e. The van der Waals surface area contributed by atoms with Crippen LogP contribution < -0.4 is 9.47 Å². The van der Waals surface area contributed by atoms with E-state index in [4.69, 9.17) is 9.47 Å². The number of hydrogen-bond acceptors (Lipinski definition) is 4. The number of ketones is 1. The molecule has 0 radical (unpaired) electrons. The summed E-state index contributed by atoms with van der Waals surface area (Å²) in [5.74, 6) is 1.64. The van der Waals surface area contributed by atoms with Crippen molar-refractivity contribution in [3.05, 3.63) is 87.1 Å². The Kier molecular flexibility index (Phi) is 6.09. The van der Waals surface area contributed by atoms with Crippen molar-refractivity contribution in [1.82, 2.24) is 0 Å². The number of methoxy groups -OCH3 is 1. The Bertz CT molecular complexity index is 956. The average molecular weight is 378 g/mol. The van der Waals surface area contributed by atoms with Gasteiger partial charge in [0.25, 0.3) is 0 Å². The Morgan fingerprint density at radius 3 is 2.67 bits per heavy atom. The lowest BCUT2D eigenvalue weighted by molar-refractivity contribution is 0.105. The number of hydrogen-bond donors (Lipinski definition) is 0. The molecule has 2 aromatic carbocycles. The molecule has 3 nitrogen and oxygen atoms in total. The van der Waals surface area contributed by atoms with Gasteiger partial charge < -0.3 is 9.47 Å². The molecule has 0 saturated carbocycles. The maximum atomic E-state index is 12.1. The molecule has 0 aliphatic heterocycles. The van der Waals surface area contributed by atoms with Crippen LogP contribution in [-0.4, -0.2) is 12.9 Å². The van der Waals surface area contributed by atoms with Crippen LogP contribution in [0.1, 0.15) is 31.9 Å². The second kappa shape index (κ2) is 8.69. The fourth-order valence-corrected chi connectivity index (χ4v) is 3.35. The molecule has 0 fully saturated rings. The zero-order chi connectivity index (χ0) is 19.2. The SMILES string of the molecule is COc1ccc(/C=C/C(=O)c2cccs2)cc1COc1cc(C)ccc1C. The molecule has 0 atom stereocenters. The second-order valence-corrected chi connectivity index (χ2v) is 7.25. The molecule has 1 aromatic heterocycles. The van der Waals surface area contributed by atoms with Crippen LogP contribution in [0.2, 0.25) is 0 Å². The fourth-order valence-electron chi connectivity index (χ4n) is 2.71. The summed E-state index contributed by atoms with van der Waals surface area (Å²) in [5.41, 5.74) is 4.12. The minimum absolute atomic E-state index is 0.00834. The summed E-state index contributed by atoms with van der Waals surface area (Å²) in [6.07, 6.45) is 3.42. The van der Waals surface area contributed by atoms with Crippen molar-refractivity contribution in [1.29, 1.82) is 0 Å². The van der Waals surface area contributed by atoms with Gasteiger partial charge >= 0.3 is 0 Å². The van der Waals surface area contributed by atoms with E-state index in [2.05, 4.69) is 12.1 Å². The molecule has 0 aliphatic carbocycles. The normalized spacial score (nSPS) is 10.9. The van der Waals surface area contributed by atoms with Crippen LogP contribution >= 0.6 is 11.3 Å². The first kappa shape index (κ1) is 18.9. The predicted octanol–water partition coefficient (Wildman–Crippen LogP) is 5.85. The molecular weight excluding hydrogens is 356 g/mol. The lowest BCUT2D eigenvalue weighted by Crippen LogP contribution is -2.00. The minimum atomic E-state index is 0.00834. The zero-order valence-electron chi connectivity index (χ0n) is 15.7. The summed E-state index contributed by atoms with van der Waals surface area (Å²) in [6, 6.07) is 15.7. The molecular formula is C23H22O3S. The predicted molar refractivity (Wildman–Crippen MR) is 111 cm³/mol. The first-order valence-electron chi connectivity index (χ1n) is 8.69. The van der Waals surface area contributed by atoms with Gasteiger partial charge in [-0.15, -0.1) is 11.3 Å². The molecule has 0 aliphatic rings. The standard InChI is InChI=1S/C23H22O3S/c1-16-6-7-17(2)22(13-16)26-15-19-14-18(9-11-21(19)25-3)8-10-20(24)23-5-4-12-27-23/h4-14H,15H2,1-3H3/b10-8+. The second-order valence-electron chi connectivity index (χ2n) is 6.30. The van der Waals surface area contributed by atoms with E-state index in [0.29, 0.717) is 6.61 Å². The van der Waals surface area contributed by atoms with Crippen molar-refractivity contribution in [3.63, 3.8) is 0 Å². The van der Waals surface area contributed by atoms with Crippen molar-refractivity contribution >= 4 is 23.2 Å². The van der Waals surface area contributed by atoms with Gasteiger partial charge in [-0.25, -0.2) is 0 Å². The molecule has 138 valence electrons. The topological polar surface area (TPSA) is 35.5 Å². The molecule has 0 saturated heterocycles. The van der Waals surface area contributed by atoms with Crippen molar-refractivity contribution < 1.29 is 14.3 Å². The van der Waals surface area contributed by atoms with Gasteiger partial charge in [-0.05, 0) is 66.3 Å². The van der Waals surface area contributed by atoms with E-state index in [1.165, 1.54) is 11.3 Å². The number of benzene rings is 2. The summed E-state index contributed by atoms with van der Waals surface area (Å²) in [7, 11) is 1.65. The van der Waals surface area contributed by atoms with Crippen molar-refractivity contribution in [2.24, 2.45) is 0 Å². The molecule has 0 amide bonds. The Hall–Kier alpha value is -2.85. The fraction of sp³-hybridized carbons (Fsp3) is 0.174. The van der Waals surface area contributed by atoms with Crippen LogP contribution in [0.15, 0.2) is 60.0 Å². The van der Waals surface area contributed by atoms with Crippen LogP contribution in [0, 0.1) is 13.8 Å². The van der Waals surface area contributed by atoms with Gasteiger partial charge in [-0.3, -0.25) is 4.79 Å². The van der Waals surface area contributed by atoms with Gasteiger partial charge in [-0.1, -0.05) is 30.3 Å².